The lowest BCUT2D eigenvalue weighted by molar-refractivity contribution is -0.121. The molecule has 2 aromatic carbocycles. The molecule has 2 aromatic rings. The number of rotatable bonds is 4. The maximum Gasteiger partial charge on any atom is 0.224 e. The number of benzene rings is 2. The highest BCUT2D eigenvalue weighted by molar-refractivity contribution is 5.79. The molecular formula is C22H27NO3. The largest absolute Gasteiger partial charge is 0.497 e. The Morgan fingerprint density at radius 3 is 2.65 bits per heavy atom. The van der Waals surface area contributed by atoms with Crippen LogP contribution in [-0.4, -0.2) is 18.6 Å². The van der Waals surface area contributed by atoms with E-state index in [1.165, 1.54) is 11.1 Å². The molecule has 138 valence electrons. The van der Waals surface area contributed by atoms with Crippen LogP contribution < -0.4 is 14.8 Å². The molecule has 0 saturated carbocycles. The van der Waals surface area contributed by atoms with E-state index in [2.05, 4.69) is 31.3 Å². The summed E-state index contributed by atoms with van der Waals surface area (Å²) in [6, 6.07) is 11.8. The average Bonchev–Trinajstić information content (AvgIpc) is 2.57. The summed E-state index contributed by atoms with van der Waals surface area (Å²) < 4.78 is 11.4. The molecule has 1 amide bonds. The average molecular weight is 353 g/mol. The summed E-state index contributed by atoms with van der Waals surface area (Å²) in [5, 5.41) is 3.19. The molecule has 4 heteroatoms. The summed E-state index contributed by atoms with van der Waals surface area (Å²) >= 11 is 0. The van der Waals surface area contributed by atoms with Crippen LogP contribution in [0.3, 0.4) is 0 Å². The normalized spacial score (nSPS) is 17.8. The fraction of sp³-hybridized carbons (Fsp3) is 0.409. The van der Waals surface area contributed by atoms with Crippen molar-refractivity contribution in [2.45, 2.75) is 52.2 Å². The molecule has 0 radical (unpaired) electrons. The molecule has 1 heterocycles. The first kappa shape index (κ1) is 18.3. The lowest BCUT2D eigenvalue weighted by Crippen LogP contribution is -2.41. The summed E-state index contributed by atoms with van der Waals surface area (Å²) in [6.07, 6.45) is 1.09. The zero-order valence-electron chi connectivity index (χ0n) is 16.2. The molecule has 3 rings (SSSR count). The predicted octanol–water partition coefficient (Wildman–Crippen LogP) is 4.27. The van der Waals surface area contributed by atoms with E-state index in [0.717, 1.165) is 22.6 Å². The van der Waals surface area contributed by atoms with Gasteiger partial charge in [-0.25, -0.2) is 0 Å². The molecule has 0 aliphatic carbocycles. The van der Waals surface area contributed by atoms with Crippen LogP contribution in [0.25, 0.3) is 0 Å². The lowest BCUT2D eigenvalue weighted by atomic mass is 9.89. The van der Waals surface area contributed by atoms with Gasteiger partial charge in [-0.3, -0.25) is 4.79 Å². The molecule has 0 bridgehead atoms. The van der Waals surface area contributed by atoms with E-state index in [1.54, 1.807) is 7.11 Å². The second-order valence-corrected chi connectivity index (χ2v) is 7.69. The number of fused-ring (bicyclic) bond motifs is 1. The topological polar surface area (TPSA) is 47.6 Å². The second kappa shape index (κ2) is 7.02. The highest BCUT2D eigenvalue weighted by Gasteiger charge is 2.34. The van der Waals surface area contributed by atoms with Crippen molar-refractivity contribution in [3.63, 3.8) is 0 Å². The number of ether oxygens (including phenoxy) is 2. The van der Waals surface area contributed by atoms with Crippen molar-refractivity contribution in [1.29, 1.82) is 0 Å². The van der Waals surface area contributed by atoms with Gasteiger partial charge in [0.15, 0.2) is 0 Å². The minimum Gasteiger partial charge on any atom is -0.497 e. The third kappa shape index (κ3) is 4.01. The van der Waals surface area contributed by atoms with E-state index >= 15 is 0 Å². The van der Waals surface area contributed by atoms with Crippen LogP contribution in [0.2, 0.25) is 0 Å². The van der Waals surface area contributed by atoms with Crippen LogP contribution in [0.5, 0.6) is 11.5 Å². The first-order valence-electron chi connectivity index (χ1n) is 9.00. The van der Waals surface area contributed by atoms with E-state index in [1.807, 2.05) is 38.1 Å². The van der Waals surface area contributed by atoms with Crippen LogP contribution in [0, 0.1) is 13.8 Å². The molecule has 0 spiro atoms. The molecule has 1 unspecified atom stereocenters. The number of carbonyl (C=O) groups excluding carboxylic acids is 1. The number of methoxy groups -OCH3 is 1. The van der Waals surface area contributed by atoms with Crippen molar-refractivity contribution in [1.82, 2.24) is 5.32 Å². The van der Waals surface area contributed by atoms with Crippen LogP contribution >= 0.6 is 0 Å². The first-order valence-corrected chi connectivity index (χ1v) is 9.00. The molecular weight excluding hydrogens is 326 g/mol. The van der Waals surface area contributed by atoms with E-state index in [0.29, 0.717) is 12.8 Å². The Bertz CT molecular complexity index is 826. The monoisotopic (exact) mass is 353 g/mol. The maximum atomic E-state index is 12.7. The smallest absolute Gasteiger partial charge is 0.224 e. The zero-order valence-corrected chi connectivity index (χ0v) is 16.2. The highest BCUT2D eigenvalue weighted by atomic mass is 16.5. The first-order chi connectivity index (χ1) is 12.3. The summed E-state index contributed by atoms with van der Waals surface area (Å²) in [4.78, 5) is 12.7. The van der Waals surface area contributed by atoms with Crippen molar-refractivity contribution in [3.05, 3.63) is 58.7 Å². The molecule has 0 saturated heterocycles. The number of carbonyl (C=O) groups is 1. The zero-order chi connectivity index (χ0) is 18.9. The fourth-order valence-electron chi connectivity index (χ4n) is 3.43. The molecule has 1 N–H and O–H groups in total. The van der Waals surface area contributed by atoms with Crippen molar-refractivity contribution in [2.24, 2.45) is 0 Å². The minimum absolute atomic E-state index is 0.0183. The quantitative estimate of drug-likeness (QED) is 0.893. The van der Waals surface area contributed by atoms with Gasteiger partial charge in [-0.05, 0) is 62.6 Å². The van der Waals surface area contributed by atoms with E-state index < -0.39 is 0 Å². The van der Waals surface area contributed by atoms with Crippen molar-refractivity contribution in [2.75, 3.05) is 7.11 Å². The molecule has 26 heavy (non-hydrogen) atoms. The third-order valence-electron chi connectivity index (χ3n) is 4.95. The van der Waals surface area contributed by atoms with Gasteiger partial charge in [0.1, 0.15) is 17.1 Å². The van der Waals surface area contributed by atoms with Gasteiger partial charge in [-0.2, -0.15) is 0 Å². The van der Waals surface area contributed by atoms with Crippen LogP contribution in [0.4, 0.5) is 0 Å². The van der Waals surface area contributed by atoms with Gasteiger partial charge in [0.05, 0.1) is 19.6 Å². The Morgan fingerprint density at radius 1 is 1.19 bits per heavy atom. The predicted molar refractivity (Wildman–Crippen MR) is 103 cm³/mol. The van der Waals surface area contributed by atoms with Gasteiger partial charge in [0, 0.05) is 12.0 Å². The maximum absolute atomic E-state index is 12.7. The van der Waals surface area contributed by atoms with Gasteiger partial charge >= 0.3 is 0 Å². The Kier molecular flexibility index (Phi) is 4.94. The summed E-state index contributed by atoms with van der Waals surface area (Å²) in [6.45, 7) is 8.24. The van der Waals surface area contributed by atoms with Gasteiger partial charge in [0.2, 0.25) is 5.91 Å². The van der Waals surface area contributed by atoms with Gasteiger partial charge in [-0.1, -0.05) is 18.2 Å². The molecule has 1 aliphatic rings. The summed E-state index contributed by atoms with van der Waals surface area (Å²) in [5.74, 6) is 1.59. The highest BCUT2D eigenvalue weighted by Crippen LogP contribution is 2.41. The molecule has 0 aromatic heterocycles. The summed E-state index contributed by atoms with van der Waals surface area (Å²) in [5.41, 5.74) is 4.11. The molecule has 1 atom stereocenters. The lowest BCUT2D eigenvalue weighted by Gasteiger charge is -2.38. The number of aryl methyl sites for hydroxylation is 2. The summed E-state index contributed by atoms with van der Waals surface area (Å²) in [7, 11) is 1.64. The molecule has 1 aliphatic heterocycles. The second-order valence-electron chi connectivity index (χ2n) is 7.69. The minimum atomic E-state index is -0.333. The van der Waals surface area contributed by atoms with Crippen LogP contribution in [0.15, 0.2) is 36.4 Å². The number of nitrogens with one attached hydrogen (secondary N) is 1. The number of hydrogen-bond donors (Lipinski definition) is 1. The van der Waals surface area contributed by atoms with Crippen molar-refractivity contribution >= 4 is 5.91 Å². The van der Waals surface area contributed by atoms with E-state index in [-0.39, 0.29) is 17.6 Å². The Balaban J connectivity index is 1.79. The van der Waals surface area contributed by atoms with Crippen molar-refractivity contribution in [3.8, 4) is 11.5 Å². The van der Waals surface area contributed by atoms with Gasteiger partial charge in [-0.15, -0.1) is 0 Å². The SMILES string of the molecule is COc1ccc2c(c1)C(NC(=O)Cc1ccc(C)c(C)c1)CC(C)(C)O2. The standard InChI is InChI=1S/C22H27NO3/c1-14-6-7-16(10-15(14)2)11-21(24)23-19-13-22(3,4)26-20-9-8-17(25-5)12-18(19)20/h6-10,12,19H,11,13H2,1-5H3,(H,23,24). The van der Waals surface area contributed by atoms with Crippen LogP contribution in [0.1, 0.15) is 48.6 Å². The Hall–Kier alpha value is -2.49. The third-order valence-corrected chi connectivity index (χ3v) is 4.95. The van der Waals surface area contributed by atoms with Gasteiger partial charge in [0.25, 0.3) is 0 Å². The number of amides is 1. The Morgan fingerprint density at radius 2 is 1.96 bits per heavy atom. The van der Waals surface area contributed by atoms with Gasteiger partial charge < -0.3 is 14.8 Å². The van der Waals surface area contributed by atoms with E-state index in [4.69, 9.17) is 9.47 Å². The molecule has 0 fully saturated rings. The van der Waals surface area contributed by atoms with Crippen molar-refractivity contribution < 1.29 is 14.3 Å². The van der Waals surface area contributed by atoms with E-state index in [9.17, 15) is 4.79 Å². The number of hydrogen-bond acceptors (Lipinski definition) is 3. The molecule has 4 nitrogen and oxygen atoms in total. The van der Waals surface area contributed by atoms with Crippen LogP contribution in [-0.2, 0) is 11.2 Å². The fourth-order valence-corrected chi connectivity index (χ4v) is 3.43. The Labute approximate surface area is 155 Å².